The quantitative estimate of drug-likeness (QED) is 0.633. The molecular formula is C25H22N2O3. The number of ether oxygens (including phenoxy) is 1. The minimum atomic E-state index is -0.398. The van der Waals surface area contributed by atoms with E-state index in [1.807, 2.05) is 68.4 Å². The summed E-state index contributed by atoms with van der Waals surface area (Å²) in [7, 11) is 1.57. The predicted octanol–water partition coefficient (Wildman–Crippen LogP) is 4.71. The van der Waals surface area contributed by atoms with Crippen molar-refractivity contribution in [2.24, 2.45) is 0 Å². The molecule has 3 aromatic carbocycles. The third kappa shape index (κ3) is 3.46. The van der Waals surface area contributed by atoms with Crippen LogP contribution in [0.15, 0.2) is 78.5 Å². The lowest BCUT2D eigenvalue weighted by Gasteiger charge is -2.16. The molecule has 5 heteroatoms. The van der Waals surface area contributed by atoms with Crippen molar-refractivity contribution in [2.45, 2.75) is 13.8 Å². The number of rotatable bonds is 5. The van der Waals surface area contributed by atoms with Crippen LogP contribution < -0.4 is 15.0 Å². The molecule has 0 saturated heterocycles. The average molecular weight is 398 g/mol. The SMILES string of the molecule is COc1ccccc1NC1=C(c2ccc(C)cc2)C(=O)N(c2ccc(C)cc2)C1=O. The van der Waals surface area contributed by atoms with Crippen LogP contribution in [0.1, 0.15) is 16.7 Å². The Morgan fingerprint density at radius 1 is 0.767 bits per heavy atom. The van der Waals surface area contributed by atoms with Crippen LogP contribution in [0.4, 0.5) is 11.4 Å². The van der Waals surface area contributed by atoms with Gasteiger partial charge >= 0.3 is 0 Å². The summed E-state index contributed by atoms with van der Waals surface area (Å²) in [5.41, 5.74) is 4.54. The lowest BCUT2D eigenvalue weighted by molar-refractivity contribution is -0.120. The van der Waals surface area contributed by atoms with Crippen molar-refractivity contribution in [3.05, 3.63) is 95.2 Å². The molecule has 0 spiro atoms. The van der Waals surface area contributed by atoms with Crippen LogP contribution in [-0.2, 0) is 9.59 Å². The zero-order chi connectivity index (χ0) is 21.3. The normalized spacial score (nSPS) is 13.8. The molecule has 4 rings (SSSR count). The van der Waals surface area contributed by atoms with E-state index >= 15 is 0 Å². The number of benzene rings is 3. The number of anilines is 2. The number of carbonyl (C=O) groups excluding carboxylic acids is 2. The van der Waals surface area contributed by atoms with Crippen molar-refractivity contribution in [3.8, 4) is 5.75 Å². The first-order valence-corrected chi connectivity index (χ1v) is 9.66. The summed E-state index contributed by atoms with van der Waals surface area (Å²) in [5.74, 6) is -0.169. The van der Waals surface area contributed by atoms with Gasteiger partial charge < -0.3 is 10.1 Å². The maximum absolute atomic E-state index is 13.4. The summed E-state index contributed by atoms with van der Waals surface area (Å²) in [5, 5.41) is 3.16. The number of hydrogen-bond acceptors (Lipinski definition) is 4. The van der Waals surface area contributed by atoms with E-state index in [1.165, 1.54) is 4.90 Å². The maximum atomic E-state index is 13.4. The van der Waals surface area contributed by atoms with E-state index in [0.29, 0.717) is 28.3 Å². The van der Waals surface area contributed by atoms with Crippen molar-refractivity contribution in [1.82, 2.24) is 0 Å². The lowest BCUT2D eigenvalue weighted by atomic mass is 10.0. The number of carbonyl (C=O) groups is 2. The summed E-state index contributed by atoms with van der Waals surface area (Å²) in [6, 6.07) is 22.2. The summed E-state index contributed by atoms with van der Waals surface area (Å²) in [6.45, 7) is 3.94. The number of hydrogen-bond donors (Lipinski definition) is 1. The third-order valence-corrected chi connectivity index (χ3v) is 5.08. The topological polar surface area (TPSA) is 58.6 Å². The van der Waals surface area contributed by atoms with Crippen LogP contribution in [0.25, 0.3) is 5.57 Å². The number of amides is 2. The number of imide groups is 1. The Balaban J connectivity index is 1.83. The number of aryl methyl sites for hydroxylation is 2. The summed E-state index contributed by atoms with van der Waals surface area (Å²) < 4.78 is 5.40. The molecule has 30 heavy (non-hydrogen) atoms. The highest BCUT2D eigenvalue weighted by molar-refractivity contribution is 6.46. The van der Waals surface area contributed by atoms with E-state index in [2.05, 4.69) is 5.32 Å². The Bertz CT molecular complexity index is 1150. The molecule has 3 aromatic rings. The largest absolute Gasteiger partial charge is 0.495 e. The van der Waals surface area contributed by atoms with E-state index in [9.17, 15) is 9.59 Å². The van der Waals surface area contributed by atoms with Crippen molar-refractivity contribution < 1.29 is 14.3 Å². The third-order valence-electron chi connectivity index (χ3n) is 5.08. The minimum Gasteiger partial charge on any atom is -0.495 e. The summed E-state index contributed by atoms with van der Waals surface area (Å²) >= 11 is 0. The molecule has 1 heterocycles. The van der Waals surface area contributed by atoms with Gasteiger partial charge in [0.2, 0.25) is 0 Å². The molecule has 0 saturated carbocycles. The predicted molar refractivity (Wildman–Crippen MR) is 118 cm³/mol. The van der Waals surface area contributed by atoms with E-state index in [-0.39, 0.29) is 11.6 Å². The second-order valence-electron chi connectivity index (χ2n) is 7.22. The van der Waals surface area contributed by atoms with Crippen molar-refractivity contribution in [1.29, 1.82) is 0 Å². The van der Waals surface area contributed by atoms with Crippen LogP contribution in [0.3, 0.4) is 0 Å². The highest BCUT2D eigenvalue weighted by Crippen LogP contribution is 2.35. The maximum Gasteiger partial charge on any atom is 0.282 e. The van der Waals surface area contributed by atoms with E-state index < -0.39 is 5.91 Å². The first-order chi connectivity index (χ1) is 14.5. The Morgan fingerprint density at radius 2 is 1.37 bits per heavy atom. The number of para-hydroxylation sites is 2. The summed E-state index contributed by atoms with van der Waals surface area (Å²) in [4.78, 5) is 28.0. The number of nitrogens with one attached hydrogen (secondary N) is 1. The first-order valence-electron chi connectivity index (χ1n) is 9.66. The van der Waals surface area contributed by atoms with Crippen molar-refractivity contribution >= 4 is 28.8 Å². The highest BCUT2D eigenvalue weighted by atomic mass is 16.5. The zero-order valence-corrected chi connectivity index (χ0v) is 17.1. The van der Waals surface area contributed by atoms with Crippen LogP contribution in [-0.4, -0.2) is 18.9 Å². The number of methoxy groups -OCH3 is 1. The van der Waals surface area contributed by atoms with Gasteiger partial charge in [-0.15, -0.1) is 0 Å². The summed E-state index contributed by atoms with van der Waals surface area (Å²) in [6.07, 6.45) is 0. The molecule has 0 radical (unpaired) electrons. The zero-order valence-electron chi connectivity index (χ0n) is 17.1. The van der Waals surface area contributed by atoms with Gasteiger partial charge in [0.1, 0.15) is 11.4 Å². The highest BCUT2D eigenvalue weighted by Gasteiger charge is 2.40. The van der Waals surface area contributed by atoms with Gasteiger partial charge in [0.05, 0.1) is 24.1 Å². The first kappa shape index (κ1) is 19.5. The molecule has 1 aliphatic rings. The molecule has 0 unspecified atom stereocenters. The monoisotopic (exact) mass is 398 g/mol. The smallest absolute Gasteiger partial charge is 0.282 e. The van der Waals surface area contributed by atoms with Crippen LogP contribution in [0.5, 0.6) is 5.75 Å². The molecule has 0 fully saturated rings. The second-order valence-corrected chi connectivity index (χ2v) is 7.22. The Labute approximate surface area is 175 Å². The standard InChI is InChI=1S/C25H22N2O3/c1-16-8-12-18(13-9-16)22-23(26-20-6-4-5-7-21(20)30-3)25(29)27(24(22)28)19-14-10-17(2)11-15-19/h4-15,26H,1-3H3. The van der Waals surface area contributed by atoms with Gasteiger partial charge in [-0.2, -0.15) is 0 Å². The fourth-order valence-corrected chi connectivity index (χ4v) is 3.44. The molecule has 1 N–H and O–H groups in total. The molecule has 0 bridgehead atoms. The van der Waals surface area contributed by atoms with Crippen LogP contribution >= 0.6 is 0 Å². The molecular weight excluding hydrogens is 376 g/mol. The molecule has 0 aromatic heterocycles. The fourth-order valence-electron chi connectivity index (χ4n) is 3.44. The molecule has 5 nitrogen and oxygen atoms in total. The van der Waals surface area contributed by atoms with Crippen LogP contribution in [0, 0.1) is 13.8 Å². The van der Waals surface area contributed by atoms with E-state index in [4.69, 9.17) is 4.74 Å². The minimum absolute atomic E-state index is 0.230. The molecule has 150 valence electrons. The molecule has 0 atom stereocenters. The van der Waals surface area contributed by atoms with E-state index in [0.717, 1.165) is 11.1 Å². The van der Waals surface area contributed by atoms with Gasteiger partial charge in [-0.25, -0.2) is 4.90 Å². The molecule has 0 aliphatic carbocycles. The van der Waals surface area contributed by atoms with Gasteiger partial charge in [0.25, 0.3) is 11.8 Å². The second kappa shape index (κ2) is 7.87. The van der Waals surface area contributed by atoms with Gasteiger partial charge in [0, 0.05) is 0 Å². The average Bonchev–Trinajstić information content (AvgIpc) is 2.99. The van der Waals surface area contributed by atoms with Gasteiger partial charge in [-0.3, -0.25) is 9.59 Å². The van der Waals surface area contributed by atoms with Gasteiger partial charge in [-0.05, 0) is 43.7 Å². The Kier molecular flexibility index (Phi) is 5.11. The fraction of sp³-hybridized carbons (Fsp3) is 0.120. The van der Waals surface area contributed by atoms with Crippen molar-refractivity contribution in [3.63, 3.8) is 0 Å². The van der Waals surface area contributed by atoms with Gasteiger partial charge in [0.15, 0.2) is 0 Å². The molecule has 2 amide bonds. The molecule has 1 aliphatic heterocycles. The van der Waals surface area contributed by atoms with E-state index in [1.54, 1.807) is 25.3 Å². The van der Waals surface area contributed by atoms with Crippen molar-refractivity contribution in [2.75, 3.05) is 17.3 Å². The Hall–Kier alpha value is -3.86. The Morgan fingerprint density at radius 3 is 2.00 bits per heavy atom. The lowest BCUT2D eigenvalue weighted by Crippen LogP contribution is -2.32. The number of nitrogens with zero attached hydrogens (tertiary/aromatic N) is 1. The van der Waals surface area contributed by atoms with Gasteiger partial charge in [-0.1, -0.05) is 59.7 Å². The van der Waals surface area contributed by atoms with Crippen LogP contribution in [0.2, 0.25) is 0 Å².